The number of hydrogen-bond acceptors (Lipinski definition) is 1. The second-order valence-electron chi connectivity index (χ2n) is 3.80. The van der Waals surface area contributed by atoms with E-state index in [1.807, 2.05) is 0 Å². The number of benzene rings is 1. The van der Waals surface area contributed by atoms with Gasteiger partial charge in [-0.3, -0.25) is 0 Å². The van der Waals surface area contributed by atoms with Crippen LogP contribution in [-0.2, 0) is 6.42 Å². The van der Waals surface area contributed by atoms with Crippen LogP contribution in [-0.4, -0.2) is 6.04 Å². The zero-order valence-corrected chi connectivity index (χ0v) is 8.59. The standard InChI is InChI=1S/C12H19N/c1-10-6-3-4-8-12(10)9-5-7-11(2)13/h3-4,6,8,11H,5,7,9,13H2,1-2H3. The van der Waals surface area contributed by atoms with Gasteiger partial charge in [0.25, 0.3) is 0 Å². The molecule has 0 saturated carbocycles. The lowest BCUT2D eigenvalue weighted by molar-refractivity contribution is 0.623. The van der Waals surface area contributed by atoms with E-state index < -0.39 is 0 Å². The molecule has 1 aromatic rings. The summed E-state index contributed by atoms with van der Waals surface area (Å²) >= 11 is 0. The monoisotopic (exact) mass is 177 g/mol. The van der Waals surface area contributed by atoms with Gasteiger partial charge in [0.2, 0.25) is 0 Å². The average Bonchev–Trinajstić information content (AvgIpc) is 2.08. The van der Waals surface area contributed by atoms with Crippen LogP contribution < -0.4 is 5.73 Å². The minimum atomic E-state index is 0.337. The molecule has 1 unspecified atom stereocenters. The second-order valence-corrected chi connectivity index (χ2v) is 3.80. The smallest absolute Gasteiger partial charge is 0.00105 e. The molecule has 0 radical (unpaired) electrons. The fraction of sp³-hybridized carbons (Fsp3) is 0.500. The molecule has 2 N–H and O–H groups in total. The van der Waals surface area contributed by atoms with Gasteiger partial charge in [-0.2, -0.15) is 0 Å². The summed E-state index contributed by atoms with van der Waals surface area (Å²) in [7, 11) is 0. The molecular formula is C12H19N. The van der Waals surface area contributed by atoms with Crippen molar-refractivity contribution in [2.45, 2.75) is 39.2 Å². The second kappa shape index (κ2) is 5.03. The van der Waals surface area contributed by atoms with Crippen LogP contribution in [0.4, 0.5) is 0 Å². The maximum absolute atomic E-state index is 5.69. The van der Waals surface area contributed by atoms with Gasteiger partial charge in [-0.25, -0.2) is 0 Å². The highest BCUT2D eigenvalue weighted by atomic mass is 14.6. The van der Waals surface area contributed by atoms with Crippen molar-refractivity contribution in [3.63, 3.8) is 0 Å². The molecule has 0 aliphatic carbocycles. The molecule has 1 atom stereocenters. The third-order valence-corrected chi connectivity index (χ3v) is 2.37. The molecule has 1 rings (SSSR count). The molecule has 0 bridgehead atoms. The molecule has 1 nitrogen and oxygen atoms in total. The van der Waals surface area contributed by atoms with Crippen LogP contribution in [0.1, 0.15) is 30.9 Å². The Morgan fingerprint density at radius 3 is 2.62 bits per heavy atom. The lowest BCUT2D eigenvalue weighted by Crippen LogP contribution is -2.14. The first-order chi connectivity index (χ1) is 6.20. The van der Waals surface area contributed by atoms with E-state index in [0.717, 1.165) is 12.8 Å². The van der Waals surface area contributed by atoms with Crippen LogP contribution in [0.15, 0.2) is 24.3 Å². The number of hydrogen-bond donors (Lipinski definition) is 1. The van der Waals surface area contributed by atoms with Crippen LogP contribution in [0.3, 0.4) is 0 Å². The zero-order chi connectivity index (χ0) is 9.68. The van der Waals surface area contributed by atoms with Crippen molar-refractivity contribution < 1.29 is 0 Å². The largest absolute Gasteiger partial charge is 0.328 e. The van der Waals surface area contributed by atoms with Gasteiger partial charge in [0.05, 0.1) is 0 Å². The van der Waals surface area contributed by atoms with Gasteiger partial charge in [0.15, 0.2) is 0 Å². The van der Waals surface area contributed by atoms with E-state index in [4.69, 9.17) is 5.73 Å². The van der Waals surface area contributed by atoms with Crippen molar-refractivity contribution >= 4 is 0 Å². The molecule has 0 heterocycles. The first-order valence-electron chi connectivity index (χ1n) is 5.00. The van der Waals surface area contributed by atoms with Crippen LogP contribution >= 0.6 is 0 Å². The van der Waals surface area contributed by atoms with Gasteiger partial charge in [-0.15, -0.1) is 0 Å². The van der Waals surface area contributed by atoms with Crippen LogP contribution in [0.5, 0.6) is 0 Å². The Kier molecular flexibility index (Phi) is 3.97. The first kappa shape index (κ1) is 10.3. The molecular weight excluding hydrogens is 158 g/mol. The quantitative estimate of drug-likeness (QED) is 0.751. The van der Waals surface area contributed by atoms with Crippen LogP contribution in [0.2, 0.25) is 0 Å². The minimum Gasteiger partial charge on any atom is -0.328 e. The molecule has 0 amide bonds. The lowest BCUT2D eigenvalue weighted by atomic mass is 10.0. The molecule has 13 heavy (non-hydrogen) atoms. The van der Waals surface area contributed by atoms with Gasteiger partial charge in [-0.05, 0) is 44.2 Å². The van der Waals surface area contributed by atoms with E-state index in [0.29, 0.717) is 6.04 Å². The van der Waals surface area contributed by atoms with Crippen LogP contribution in [0, 0.1) is 6.92 Å². The summed E-state index contributed by atoms with van der Waals surface area (Å²) in [6, 6.07) is 8.90. The maximum Gasteiger partial charge on any atom is 0.00105 e. The van der Waals surface area contributed by atoms with Gasteiger partial charge < -0.3 is 5.73 Å². The Labute approximate surface area is 81.0 Å². The molecule has 0 fully saturated rings. The lowest BCUT2D eigenvalue weighted by Gasteiger charge is -2.06. The Hall–Kier alpha value is -0.820. The molecule has 0 aliphatic rings. The average molecular weight is 177 g/mol. The molecule has 1 aromatic carbocycles. The van der Waals surface area contributed by atoms with E-state index in [9.17, 15) is 0 Å². The summed E-state index contributed by atoms with van der Waals surface area (Å²) in [5, 5.41) is 0. The van der Waals surface area contributed by atoms with Gasteiger partial charge in [0, 0.05) is 6.04 Å². The van der Waals surface area contributed by atoms with Gasteiger partial charge >= 0.3 is 0 Å². The highest BCUT2D eigenvalue weighted by Crippen LogP contribution is 2.10. The van der Waals surface area contributed by atoms with Crippen molar-refractivity contribution in [2.75, 3.05) is 0 Å². The van der Waals surface area contributed by atoms with E-state index >= 15 is 0 Å². The number of aryl methyl sites for hydroxylation is 2. The SMILES string of the molecule is Cc1ccccc1CCCC(C)N. The summed E-state index contributed by atoms with van der Waals surface area (Å²) < 4.78 is 0. The molecule has 72 valence electrons. The Morgan fingerprint density at radius 1 is 1.31 bits per heavy atom. The third kappa shape index (κ3) is 3.60. The maximum atomic E-state index is 5.69. The predicted octanol–water partition coefficient (Wildman–Crippen LogP) is 2.66. The highest BCUT2D eigenvalue weighted by Gasteiger charge is 1.98. The summed E-state index contributed by atoms with van der Waals surface area (Å²) in [6.45, 7) is 4.24. The van der Waals surface area contributed by atoms with E-state index in [1.165, 1.54) is 17.5 Å². The summed E-state index contributed by atoms with van der Waals surface area (Å²) in [5.74, 6) is 0. The Morgan fingerprint density at radius 2 is 2.00 bits per heavy atom. The summed E-state index contributed by atoms with van der Waals surface area (Å²) in [6.07, 6.45) is 3.48. The fourth-order valence-corrected chi connectivity index (χ4v) is 1.51. The molecule has 0 aliphatic heterocycles. The van der Waals surface area contributed by atoms with E-state index in [2.05, 4.69) is 38.1 Å². The Balaban J connectivity index is 2.41. The molecule has 0 aromatic heterocycles. The normalized spacial score (nSPS) is 12.8. The topological polar surface area (TPSA) is 26.0 Å². The van der Waals surface area contributed by atoms with Crippen molar-refractivity contribution in [3.05, 3.63) is 35.4 Å². The predicted molar refractivity (Wildman–Crippen MR) is 57.8 cm³/mol. The minimum absolute atomic E-state index is 0.337. The van der Waals surface area contributed by atoms with Gasteiger partial charge in [0.1, 0.15) is 0 Å². The van der Waals surface area contributed by atoms with E-state index in [-0.39, 0.29) is 0 Å². The van der Waals surface area contributed by atoms with Crippen molar-refractivity contribution in [1.82, 2.24) is 0 Å². The highest BCUT2D eigenvalue weighted by molar-refractivity contribution is 5.25. The van der Waals surface area contributed by atoms with Crippen molar-refractivity contribution in [3.8, 4) is 0 Å². The number of rotatable bonds is 4. The van der Waals surface area contributed by atoms with Crippen molar-refractivity contribution in [2.24, 2.45) is 5.73 Å². The number of nitrogens with two attached hydrogens (primary N) is 1. The zero-order valence-electron chi connectivity index (χ0n) is 8.59. The molecule has 0 saturated heterocycles. The van der Waals surface area contributed by atoms with Crippen LogP contribution in [0.25, 0.3) is 0 Å². The third-order valence-electron chi connectivity index (χ3n) is 2.37. The Bertz CT molecular complexity index is 253. The summed E-state index contributed by atoms with van der Waals surface area (Å²) in [5.41, 5.74) is 8.55. The van der Waals surface area contributed by atoms with Crippen molar-refractivity contribution in [1.29, 1.82) is 0 Å². The first-order valence-corrected chi connectivity index (χ1v) is 5.00. The van der Waals surface area contributed by atoms with Gasteiger partial charge in [-0.1, -0.05) is 24.3 Å². The fourth-order valence-electron chi connectivity index (χ4n) is 1.51. The van der Waals surface area contributed by atoms with E-state index in [1.54, 1.807) is 0 Å². The summed E-state index contributed by atoms with van der Waals surface area (Å²) in [4.78, 5) is 0. The molecule has 0 spiro atoms. The molecule has 1 heteroatoms.